The van der Waals surface area contributed by atoms with E-state index in [0.29, 0.717) is 11.3 Å². The number of nitrogens with zero attached hydrogens (tertiary/aromatic N) is 1. The molecule has 0 atom stereocenters. The number of amides is 1. The zero-order chi connectivity index (χ0) is 14.5. The summed E-state index contributed by atoms with van der Waals surface area (Å²) in [5, 5.41) is 11.6. The van der Waals surface area contributed by atoms with Crippen LogP contribution in [0.15, 0.2) is 42.6 Å². The summed E-state index contributed by atoms with van der Waals surface area (Å²) in [6, 6.07) is 10.1. The van der Waals surface area contributed by atoms with E-state index in [1.807, 2.05) is 19.1 Å². The van der Waals surface area contributed by atoms with E-state index in [0.717, 1.165) is 5.56 Å². The first kappa shape index (κ1) is 13.7. The van der Waals surface area contributed by atoms with Crippen LogP contribution in [-0.4, -0.2) is 22.0 Å². The molecule has 0 radical (unpaired) electrons. The summed E-state index contributed by atoms with van der Waals surface area (Å²) in [4.78, 5) is 26.8. The fourth-order valence-electron chi connectivity index (χ4n) is 1.77. The van der Waals surface area contributed by atoms with Gasteiger partial charge in [-0.05, 0) is 31.2 Å². The lowest BCUT2D eigenvalue weighted by atomic mass is 10.1. The molecule has 0 aliphatic carbocycles. The molecular weight excluding hydrogens is 256 g/mol. The van der Waals surface area contributed by atoms with Crippen molar-refractivity contribution in [3.63, 3.8) is 0 Å². The van der Waals surface area contributed by atoms with Crippen LogP contribution < -0.4 is 5.32 Å². The highest BCUT2D eigenvalue weighted by atomic mass is 16.4. The minimum atomic E-state index is -1.02. The summed E-state index contributed by atoms with van der Waals surface area (Å²) in [5.74, 6) is -1.23. The molecule has 5 heteroatoms. The Balaban J connectivity index is 2.03. The second-order valence-electron chi connectivity index (χ2n) is 4.39. The third-order valence-corrected chi connectivity index (χ3v) is 2.77. The molecular formula is C15H14N2O3. The van der Waals surface area contributed by atoms with E-state index in [1.165, 1.54) is 18.3 Å². The fourth-order valence-corrected chi connectivity index (χ4v) is 1.77. The van der Waals surface area contributed by atoms with Crippen LogP contribution in [0.1, 0.15) is 32.0 Å². The van der Waals surface area contributed by atoms with Crippen molar-refractivity contribution in [3.05, 3.63) is 65.0 Å². The van der Waals surface area contributed by atoms with Crippen LogP contribution in [0.2, 0.25) is 0 Å². The first-order valence-electron chi connectivity index (χ1n) is 6.09. The lowest BCUT2D eigenvalue weighted by molar-refractivity contribution is 0.0696. The van der Waals surface area contributed by atoms with E-state index in [1.54, 1.807) is 12.1 Å². The minimum absolute atomic E-state index is 0.153. The Morgan fingerprint density at radius 3 is 2.70 bits per heavy atom. The maximum atomic E-state index is 11.9. The second kappa shape index (κ2) is 5.97. The fraction of sp³-hybridized carbons (Fsp3) is 0.133. The molecule has 0 unspecified atom stereocenters. The molecule has 0 saturated heterocycles. The number of nitrogens with one attached hydrogen (secondary N) is 1. The summed E-state index contributed by atoms with van der Waals surface area (Å²) in [5.41, 5.74) is 2.23. The molecule has 2 aromatic rings. The zero-order valence-corrected chi connectivity index (χ0v) is 11.0. The highest BCUT2D eigenvalue weighted by Crippen LogP contribution is 2.05. The third-order valence-electron chi connectivity index (χ3n) is 2.77. The van der Waals surface area contributed by atoms with Gasteiger partial charge in [0.1, 0.15) is 0 Å². The van der Waals surface area contributed by atoms with E-state index in [-0.39, 0.29) is 18.0 Å². The van der Waals surface area contributed by atoms with Gasteiger partial charge in [-0.25, -0.2) is 4.79 Å². The van der Waals surface area contributed by atoms with Crippen molar-refractivity contribution in [3.8, 4) is 0 Å². The molecule has 0 aliphatic rings. The minimum Gasteiger partial charge on any atom is -0.478 e. The Hall–Kier alpha value is -2.69. The number of hydrogen-bond donors (Lipinski definition) is 2. The molecule has 20 heavy (non-hydrogen) atoms. The van der Waals surface area contributed by atoms with E-state index in [2.05, 4.69) is 10.3 Å². The molecule has 0 bridgehead atoms. The predicted octanol–water partition coefficient (Wildman–Crippen LogP) is 2.02. The summed E-state index contributed by atoms with van der Waals surface area (Å²) < 4.78 is 0. The molecule has 0 fully saturated rings. The monoisotopic (exact) mass is 270 g/mol. The van der Waals surface area contributed by atoms with E-state index < -0.39 is 5.97 Å². The molecule has 1 amide bonds. The zero-order valence-electron chi connectivity index (χ0n) is 11.0. The summed E-state index contributed by atoms with van der Waals surface area (Å²) in [6.45, 7) is 2.10. The molecule has 0 spiro atoms. The Morgan fingerprint density at radius 2 is 2.00 bits per heavy atom. The largest absolute Gasteiger partial charge is 0.478 e. The molecule has 1 heterocycles. The van der Waals surface area contributed by atoms with Crippen molar-refractivity contribution in [2.75, 3.05) is 0 Å². The van der Waals surface area contributed by atoms with Crippen LogP contribution in [0.3, 0.4) is 0 Å². The number of carboxylic acid groups (broad SMARTS) is 1. The number of carboxylic acids is 1. The van der Waals surface area contributed by atoms with E-state index in [4.69, 9.17) is 5.11 Å². The molecule has 0 aliphatic heterocycles. The van der Waals surface area contributed by atoms with Gasteiger partial charge in [-0.3, -0.25) is 9.78 Å². The van der Waals surface area contributed by atoms with Crippen LogP contribution in [0.5, 0.6) is 0 Å². The van der Waals surface area contributed by atoms with Gasteiger partial charge in [0.25, 0.3) is 5.91 Å². The van der Waals surface area contributed by atoms with Crippen molar-refractivity contribution >= 4 is 11.9 Å². The number of aryl methyl sites for hydroxylation is 1. The maximum absolute atomic E-state index is 11.9. The Labute approximate surface area is 116 Å². The number of hydrogen-bond acceptors (Lipinski definition) is 3. The van der Waals surface area contributed by atoms with Gasteiger partial charge in [0.15, 0.2) is 0 Å². The van der Waals surface area contributed by atoms with Gasteiger partial charge in [0, 0.05) is 11.8 Å². The van der Waals surface area contributed by atoms with Crippen LogP contribution in [0.25, 0.3) is 0 Å². The van der Waals surface area contributed by atoms with Gasteiger partial charge < -0.3 is 10.4 Å². The SMILES string of the molecule is Cc1cccc(C(=O)NCc2cc(C(=O)O)ccn2)c1. The number of aromatic carboxylic acids is 1. The van der Waals surface area contributed by atoms with Crippen molar-refractivity contribution < 1.29 is 14.7 Å². The first-order valence-corrected chi connectivity index (χ1v) is 6.09. The smallest absolute Gasteiger partial charge is 0.335 e. The van der Waals surface area contributed by atoms with Crippen LogP contribution >= 0.6 is 0 Å². The highest BCUT2D eigenvalue weighted by molar-refractivity contribution is 5.94. The van der Waals surface area contributed by atoms with Crippen molar-refractivity contribution in [1.82, 2.24) is 10.3 Å². The van der Waals surface area contributed by atoms with Crippen molar-refractivity contribution in [1.29, 1.82) is 0 Å². The Kier molecular flexibility index (Phi) is 4.10. The van der Waals surface area contributed by atoms with Gasteiger partial charge in [-0.2, -0.15) is 0 Å². The van der Waals surface area contributed by atoms with Gasteiger partial charge in [0.2, 0.25) is 0 Å². The summed E-state index contributed by atoms with van der Waals surface area (Å²) in [7, 11) is 0. The van der Waals surface area contributed by atoms with Crippen LogP contribution in [-0.2, 0) is 6.54 Å². The summed E-state index contributed by atoms with van der Waals surface area (Å²) in [6.07, 6.45) is 1.41. The molecule has 102 valence electrons. The summed E-state index contributed by atoms with van der Waals surface area (Å²) >= 11 is 0. The lowest BCUT2D eigenvalue weighted by Gasteiger charge is -2.06. The number of rotatable bonds is 4. The molecule has 1 aromatic heterocycles. The molecule has 2 N–H and O–H groups in total. The van der Waals surface area contributed by atoms with E-state index >= 15 is 0 Å². The third kappa shape index (κ3) is 3.41. The molecule has 5 nitrogen and oxygen atoms in total. The molecule has 2 rings (SSSR count). The molecule has 0 saturated carbocycles. The molecule has 1 aromatic carbocycles. The first-order chi connectivity index (χ1) is 9.56. The predicted molar refractivity (Wildman–Crippen MR) is 73.5 cm³/mol. The Bertz CT molecular complexity index is 653. The quantitative estimate of drug-likeness (QED) is 0.890. The number of aromatic nitrogens is 1. The van der Waals surface area contributed by atoms with Gasteiger partial charge in [-0.15, -0.1) is 0 Å². The lowest BCUT2D eigenvalue weighted by Crippen LogP contribution is -2.23. The van der Waals surface area contributed by atoms with Crippen molar-refractivity contribution in [2.45, 2.75) is 13.5 Å². The van der Waals surface area contributed by atoms with Crippen molar-refractivity contribution in [2.24, 2.45) is 0 Å². The maximum Gasteiger partial charge on any atom is 0.335 e. The topological polar surface area (TPSA) is 79.3 Å². The Morgan fingerprint density at radius 1 is 1.20 bits per heavy atom. The standard InChI is InChI=1S/C15H14N2O3/c1-10-3-2-4-11(7-10)14(18)17-9-13-8-12(15(19)20)5-6-16-13/h2-8H,9H2,1H3,(H,17,18)(H,19,20). The number of carbonyl (C=O) groups is 2. The average molecular weight is 270 g/mol. The van der Waals surface area contributed by atoms with Gasteiger partial charge in [0.05, 0.1) is 17.8 Å². The number of benzene rings is 1. The van der Waals surface area contributed by atoms with E-state index in [9.17, 15) is 9.59 Å². The number of carbonyl (C=O) groups excluding carboxylic acids is 1. The van der Waals surface area contributed by atoms with Crippen LogP contribution in [0, 0.1) is 6.92 Å². The average Bonchev–Trinajstić information content (AvgIpc) is 2.45. The normalized spacial score (nSPS) is 10.1. The highest BCUT2D eigenvalue weighted by Gasteiger charge is 2.07. The van der Waals surface area contributed by atoms with Gasteiger partial charge >= 0.3 is 5.97 Å². The van der Waals surface area contributed by atoms with Crippen LogP contribution in [0.4, 0.5) is 0 Å². The number of pyridine rings is 1. The second-order valence-corrected chi connectivity index (χ2v) is 4.39. The van der Waals surface area contributed by atoms with Gasteiger partial charge in [-0.1, -0.05) is 17.7 Å².